The number of carbonyl (C=O) groups excluding carboxylic acids is 2. The Hall–Kier alpha value is -1.84. The molecule has 100 valence electrons. The van der Waals surface area contributed by atoms with Crippen molar-refractivity contribution in [3.05, 3.63) is 23.8 Å². The maximum absolute atomic E-state index is 12.3. The van der Waals surface area contributed by atoms with Crippen molar-refractivity contribution in [1.82, 2.24) is 0 Å². The van der Waals surface area contributed by atoms with Crippen molar-refractivity contribution in [2.45, 2.75) is 32.6 Å². The summed E-state index contributed by atoms with van der Waals surface area (Å²) in [5.41, 5.74) is 8.28. The van der Waals surface area contributed by atoms with Gasteiger partial charge in [-0.2, -0.15) is 0 Å². The van der Waals surface area contributed by atoms with Gasteiger partial charge in [0, 0.05) is 5.69 Å². The molecule has 1 aliphatic carbocycles. The zero-order valence-electron chi connectivity index (χ0n) is 11.1. The SMILES string of the molecule is CCc1ccc(N2C(=O)C3CCCC3C2=O)cc1N. The van der Waals surface area contributed by atoms with Gasteiger partial charge in [0.05, 0.1) is 17.5 Å². The highest BCUT2D eigenvalue weighted by atomic mass is 16.2. The Morgan fingerprint density at radius 1 is 1.21 bits per heavy atom. The lowest BCUT2D eigenvalue weighted by Gasteiger charge is -2.17. The molecule has 2 N–H and O–H groups in total. The molecule has 3 rings (SSSR count). The van der Waals surface area contributed by atoms with Gasteiger partial charge in [-0.3, -0.25) is 9.59 Å². The Balaban J connectivity index is 1.96. The molecule has 0 aromatic heterocycles. The van der Waals surface area contributed by atoms with Crippen LogP contribution in [0.3, 0.4) is 0 Å². The molecule has 1 saturated carbocycles. The topological polar surface area (TPSA) is 63.4 Å². The molecule has 0 bridgehead atoms. The third-order valence-corrected chi connectivity index (χ3v) is 4.36. The molecule has 1 aromatic rings. The average Bonchev–Trinajstić information content (AvgIpc) is 2.95. The van der Waals surface area contributed by atoms with Gasteiger partial charge in [-0.05, 0) is 37.0 Å². The fraction of sp³-hybridized carbons (Fsp3) is 0.467. The summed E-state index contributed by atoms with van der Waals surface area (Å²) in [7, 11) is 0. The quantitative estimate of drug-likeness (QED) is 0.653. The summed E-state index contributed by atoms with van der Waals surface area (Å²) >= 11 is 0. The standard InChI is InChI=1S/C15H18N2O2/c1-2-9-6-7-10(8-13(9)16)17-14(18)11-4-3-5-12(11)15(17)19/h6-8,11-12H,2-5,16H2,1H3. The van der Waals surface area contributed by atoms with Crippen LogP contribution in [0.4, 0.5) is 11.4 Å². The zero-order valence-corrected chi connectivity index (χ0v) is 11.1. The molecule has 2 aliphatic rings. The monoisotopic (exact) mass is 258 g/mol. The van der Waals surface area contributed by atoms with Crippen LogP contribution in [0.25, 0.3) is 0 Å². The number of imide groups is 1. The summed E-state index contributed by atoms with van der Waals surface area (Å²) in [6, 6.07) is 5.47. The zero-order chi connectivity index (χ0) is 13.6. The van der Waals surface area contributed by atoms with Crippen molar-refractivity contribution in [2.24, 2.45) is 11.8 Å². The van der Waals surface area contributed by atoms with Crippen LogP contribution < -0.4 is 10.6 Å². The molecule has 2 unspecified atom stereocenters. The molecule has 2 atom stereocenters. The van der Waals surface area contributed by atoms with Crippen molar-refractivity contribution in [1.29, 1.82) is 0 Å². The van der Waals surface area contributed by atoms with E-state index in [1.54, 1.807) is 6.07 Å². The first kappa shape index (κ1) is 12.2. The number of amides is 2. The number of nitrogens with zero attached hydrogens (tertiary/aromatic N) is 1. The Kier molecular flexibility index (Phi) is 2.81. The number of benzene rings is 1. The smallest absolute Gasteiger partial charge is 0.237 e. The maximum atomic E-state index is 12.3. The van der Waals surface area contributed by atoms with E-state index in [0.717, 1.165) is 31.2 Å². The molecule has 2 fully saturated rings. The lowest BCUT2D eigenvalue weighted by Crippen LogP contribution is -2.31. The van der Waals surface area contributed by atoms with Gasteiger partial charge in [0.2, 0.25) is 11.8 Å². The average molecular weight is 258 g/mol. The van der Waals surface area contributed by atoms with Gasteiger partial charge in [-0.25, -0.2) is 4.90 Å². The maximum Gasteiger partial charge on any atom is 0.237 e. The van der Waals surface area contributed by atoms with E-state index in [9.17, 15) is 9.59 Å². The summed E-state index contributed by atoms with van der Waals surface area (Å²) in [5.74, 6) is -0.286. The van der Waals surface area contributed by atoms with Crippen LogP contribution in [0.1, 0.15) is 31.7 Å². The van der Waals surface area contributed by atoms with Crippen LogP contribution in [0.5, 0.6) is 0 Å². The van der Waals surface area contributed by atoms with Crippen molar-refractivity contribution in [3.63, 3.8) is 0 Å². The van der Waals surface area contributed by atoms with Crippen molar-refractivity contribution >= 4 is 23.2 Å². The Morgan fingerprint density at radius 3 is 2.37 bits per heavy atom. The Labute approximate surface area is 112 Å². The highest BCUT2D eigenvalue weighted by Crippen LogP contribution is 2.41. The molecule has 19 heavy (non-hydrogen) atoms. The predicted octanol–water partition coefficient (Wildman–Crippen LogP) is 2.12. The Bertz CT molecular complexity index is 531. The number of nitrogen functional groups attached to an aromatic ring is 1. The van der Waals surface area contributed by atoms with Gasteiger partial charge in [0.1, 0.15) is 0 Å². The summed E-state index contributed by atoms with van der Waals surface area (Å²) in [6.07, 6.45) is 3.51. The minimum Gasteiger partial charge on any atom is -0.398 e. The fourth-order valence-electron chi connectivity index (χ4n) is 3.29. The number of hydrogen-bond acceptors (Lipinski definition) is 3. The van der Waals surface area contributed by atoms with Crippen LogP contribution >= 0.6 is 0 Å². The predicted molar refractivity (Wildman–Crippen MR) is 73.6 cm³/mol. The first-order chi connectivity index (χ1) is 9.13. The lowest BCUT2D eigenvalue weighted by atomic mass is 10.00. The van der Waals surface area contributed by atoms with Crippen LogP contribution in [0.2, 0.25) is 0 Å². The third-order valence-electron chi connectivity index (χ3n) is 4.36. The molecule has 1 heterocycles. The highest BCUT2D eigenvalue weighted by molar-refractivity contribution is 6.22. The van der Waals surface area contributed by atoms with Crippen LogP contribution in [0, 0.1) is 11.8 Å². The van der Waals surface area contributed by atoms with E-state index < -0.39 is 0 Å². The Morgan fingerprint density at radius 2 is 1.84 bits per heavy atom. The molecule has 1 aromatic carbocycles. The number of carbonyl (C=O) groups is 2. The summed E-state index contributed by atoms with van der Waals surface area (Å²) in [4.78, 5) is 26.0. The van der Waals surface area contributed by atoms with Crippen LogP contribution in [-0.4, -0.2) is 11.8 Å². The van der Waals surface area contributed by atoms with Crippen LogP contribution in [-0.2, 0) is 16.0 Å². The summed E-state index contributed by atoms with van der Waals surface area (Å²) in [5, 5.41) is 0. The molecule has 1 saturated heterocycles. The molecule has 4 heteroatoms. The third kappa shape index (κ3) is 1.74. The molecule has 0 spiro atoms. The second-order valence-electron chi connectivity index (χ2n) is 5.39. The first-order valence-corrected chi connectivity index (χ1v) is 6.89. The number of aryl methyl sites for hydroxylation is 1. The van der Waals surface area contributed by atoms with E-state index in [1.807, 2.05) is 19.1 Å². The summed E-state index contributed by atoms with van der Waals surface area (Å²) < 4.78 is 0. The number of nitrogens with two attached hydrogens (primary N) is 1. The van der Waals surface area contributed by atoms with Crippen LogP contribution in [0.15, 0.2) is 18.2 Å². The largest absolute Gasteiger partial charge is 0.398 e. The van der Waals surface area contributed by atoms with Gasteiger partial charge in [-0.15, -0.1) is 0 Å². The number of fused-ring (bicyclic) bond motifs is 1. The minimum absolute atomic E-state index is 0.0452. The second kappa shape index (κ2) is 4.37. The van der Waals surface area contributed by atoms with E-state index >= 15 is 0 Å². The van der Waals surface area contributed by atoms with E-state index in [-0.39, 0.29) is 23.7 Å². The van der Waals surface area contributed by atoms with Gasteiger partial charge < -0.3 is 5.73 Å². The number of anilines is 2. The van der Waals surface area contributed by atoms with E-state index in [2.05, 4.69) is 0 Å². The van der Waals surface area contributed by atoms with Crippen molar-refractivity contribution < 1.29 is 9.59 Å². The van der Waals surface area contributed by atoms with E-state index in [1.165, 1.54) is 4.90 Å². The van der Waals surface area contributed by atoms with Gasteiger partial charge in [-0.1, -0.05) is 19.4 Å². The lowest BCUT2D eigenvalue weighted by molar-refractivity contribution is -0.122. The van der Waals surface area contributed by atoms with Gasteiger partial charge >= 0.3 is 0 Å². The van der Waals surface area contributed by atoms with Gasteiger partial charge in [0.25, 0.3) is 0 Å². The second-order valence-corrected chi connectivity index (χ2v) is 5.39. The molecular weight excluding hydrogens is 240 g/mol. The molecule has 2 amide bonds. The van der Waals surface area contributed by atoms with Gasteiger partial charge in [0.15, 0.2) is 0 Å². The normalized spacial score (nSPS) is 26.1. The molecule has 4 nitrogen and oxygen atoms in total. The molecule has 1 aliphatic heterocycles. The minimum atomic E-state index is -0.0976. The highest BCUT2D eigenvalue weighted by Gasteiger charge is 2.50. The number of hydrogen-bond donors (Lipinski definition) is 1. The van der Waals surface area contributed by atoms with Crippen molar-refractivity contribution in [3.8, 4) is 0 Å². The van der Waals surface area contributed by atoms with E-state index in [4.69, 9.17) is 5.73 Å². The fourth-order valence-corrected chi connectivity index (χ4v) is 3.29. The van der Waals surface area contributed by atoms with Crippen molar-refractivity contribution in [2.75, 3.05) is 10.6 Å². The first-order valence-electron chi connectivity index (χ1n) is 6.89. The molecule has 0 radical (unpaired) electrons. The number of rotatable bonds is 2. The molecular formula is C15H18N2O2. The summed E-state index contributed by atoms with van der Waals surface area (Å²) in [6.45, 7) is 2.03. The van der Waals surface area contributed by atoms with E-state index in [0.29, 0.717) is 11.4 Å².